The molecule has 9 heavy (non-hydrogen) atoms. The minimum Gasteiger partial charge on any atom is -0.299 e. The van der Waals surface area contributed by atoms with E-state index in [1.54, 1.807) is 0 Å². The van der Waals surface area contributed by atoms with Gasteiger partial charge in [-0.15, -0.1) is 0 Å². The summed E-state index contributed by atoms with van der Waals surface area (Å²) < 4.78 is 0. The summed E-state index contributed by atoms with van der Waals surface area (Å²) in [5.74, 6) is 1.73. The highest BCUT2D eigenvalue weighted by atomic mass is 16.1. The van der Waals surface area contributed by atoms with E-state index < -0.39 is 0 Å². The van der Waals surface area contributed by atoms with Gasteiger partial charge in [-0.3, -0.25) is 4.79 Å². The molecule has 2 saturated carbocycles. The van der Waals surface area contributed by atoms with E-state index in [9.17, 15) is 4.79 Å². The molecule has 0 amide bonds. The van der Waals surface area contributed by atoms with Crippen LogP contribution in [0.1, 0.15) is 26.7 Å². The molecule has 0 N–H and O–H groups in total. The van der Waals surface area contributed by atoms with Crippen molar-refractivity contribution >= 4 is 5.78 Å². The first-order valence-corrected chi connectivity index (χ1v) is 3.67. The molecule has 0 aromatic rings. The number of fused-ring (bicyclic) bond motifs is 1. The first kappa shape index (κ1) is 5.45. The summed E-state index contributed by atoms with van der Waals surface area (Å²) in [6.45, 7) is 4.42. The first-order valence-electron chi connectivity index (χ1n) is 3.67. The standard InChI is InChI=1S/C8H12O/c1-8(2)5-3-4-6(9)7(5)8/h5,7H,3-4H2,1-2H3/t5?,7-/m1/s1. The predicted molar refractivity (Wildman–Crippen MR) is 35.0 cm³/mol. The molecule has 50 valence electrons. The van der Waals surface area contributed by atoms with E-state index in [4.69, 9.17) is 0 Å². The maximum absolute atomic E-state index is 11.0. The Balaban J connectivity index is 2.23. The van der Waals surface area contributed by atoms with Crippen LogP contribution in [-0.2, 0) is 4.79 Å². The first-order chi connectivity index (χ1) is 4.14. The molecule has 2 atom stereocenters. The van der Waals surface area contributed by atoms with Crippen molar-refractivity contribution in [3.05, 3.63) is 0 Å². The Hall–Kier alpha value is -0.330. The average molecular weight is 124 g/mol. The SMILES string of the molecule is CC1(C)C2CCC(=O)[C@@H]21. The monoisotopic (exact) mass is 124 g/mol. The summed E-state index contributed by atoms with van der Waals surface area (Å²) in [6, 6.07) is 0. The highest BCUT2D eigenvalue weighted by molar-refractivity contribution is 5.87. The zero-order valence-electron chi connectivity index (χ0n) is 5.98. The molecule has 1 nitrogen and oxygen atoms in total. The summed E-state index contributed by atoms with van der Waals surface area (Å²) >= 11 is 0. The van der Waals surface area contributed by atoms with Crippen molar-refractivity contribution in [2.75, 3.05) is 0 Å². The minimum atomic E-state index is 0.384. The van der Waals surface area contributed by atoms with Gasteiger partial charge in [0.15, 0.2) is 0 Å². The molecule has 2 aliphatic carbocycles. The molecular formula is C8H12O. The fourth-order valence-electron chi connectivity index (χ4n) is 2.38. The van der Waals surface area contributed by atoms with Crippen LogP contribution in [0.2, 0.25) is 0 Å². The Morgan fingerprint density at radius 1 is 1.56 bits per heavy atom. The highest BCUT2D eigenvalue weighted by Crippen LogP contribution is 2.64. The molecule has 0 saturated heterocycles. The van der Waals surface area contributed by atoms with Gasteiger partial charge in [0.2, 0.25) is 0 Å². The van der Waals surface area contributed by atoms with Gasteiger partial charge in [-0.05, 0) is 17.8 Å². The van der Waals surface area contributed by atoms with Crippen LogP contribution in [0.15, 0.2) is 0 Å². The van der Waals surface area contributed by atoms with Crippen LogP contribution >= 0.6 is 0 Å². The third-order valence-electron chi connectivity index (χ3n) is 3.10. The molecule has 2 aliphatic rings. The topological polar surface area (TPSA) is 17.1 Å². The largest absolute Gasteiger partial charge is 0.299 e. The summed E-state index contributed by atoms with van der Waals surface area (Å²) in [7, 11) is 0. The van der Waals surface area contributed by atoms with Gasteiger partial charge in [-0.1, -0.05) is 13.8 Å². The Bertz CT molecular complexity index is 169. The molecule has 0 aliphatic heterocycles. The molecule has 1 unspecified atom stereocenters. The second-order valence-corrected chi connectivity index (χ2v) is 3.91. The van der Waals surface area contributed by atoms with Gasteiger partial charge in [-0.2, -0.15) is 0 Å². The Kier molecular flexibility index (Phi) is 0.744. The van der Waals surface area contributed by atoms with Crippen molar-refractivity contribution in [1.82, 2.24) is 0 Å². The summed E-state index contributed by atoms with van der Waals surface area (Å²) in [4.78, 5) is 11.0. The van der Waals surface area contributed by atoms with Crippen molar-refractivity contribution in [2.24, 2.45) is 17.3 Å². The van der Waals surface area contributed by atoms with E-state index in [0.29, 0.717) is 17.1 Å². The van der Waals surface area contributed by atoms with Gasteiger partial charge >= 0.3 is 0 Å². The number of Topliss-reactive ketones (excluding diaryl/α,β-unsaturated/α-hetero) is 1. The molecule has 0 spiro atoms. The van der Waals surface area contributed by atoms with Crippen molar-refractivity contribution < 1.29 is 4.79 Å². The number of carbonyl (C=O) groups excluding carboxylic acids is 1. The van der Waals surface area contributed by atoms with Gasteiger partial charge in [-0.25, -0.2) is 0 Å². The van der Waals surface area contributed by atoms with Crippen molar-refractivity contribution in [3.8, 4) is 0 Å². The summed E-state index contributed by atoms with van der Waals surface area (Å²) in [6.07, 6.45) is 2.02. The van der Waals surface area contributed by atoms with Crippen LogP contribution in [-0.4, -0.2) is 5.78 Å². The number of ketones is 1. The van der Waals surface area contributed by atoms with E-state index in [-0.39, 0.29) is 0 Å². The smallest absolute Gasteiger partial charge is 0.136 e. The van der Waals surface area contributed by atoms with Crippen LogP contribution in [0.4, 0.5) is 0 Å². The van der Waals surface area contributed by atoms with Crippen molar-refractivity contribution in [3.63, 3.8) is 0 Å². The summed E-state index contributed by atoms with van der Waals surface area (Å²) in [5, 5.41) is 0. The number of rotatable bonds is 0. The zero-order valence-corrected chi connectivity index (χ0v) is 5.98. The van der Waals surface area contributed by atoms with Gasteiger partial charge < -0.3 is 0 Å². The molecule has 2 fully saturated rings. The Morgan fingerprint density at radius 2 is 2.22 bits per heavy atom. The molecule has 0 aromatic carbocycles. The van der Waals surface area contributed by atoms with Gasteiger partial charge in [0, 0.05) is 12.3 Å². The lowest BCUT2D eigenvalue weighted by molar-refractivity contribution is -0.119. The molecule has 0 aromatic heterocycles. The van der Waals surface area contributed by atoms with E-state index in [2.05, 4.69) is 13.8 Å². The van der Waals surface area contributed by atoms with Gasteiger partial charge in [0.05, 0.1) is 0 Å². The Labute approximate surface area is 55.4 Å². The molecule has 1 heteroatoms. The molecule has 2 rings (SSSR count). The lowest BCUT2D eigenvalue weighted by atomic mass is 10.0. The maximum Gasteiger partial charge on any atom is 0.136 e. The average Bonchev–Trinajstić information content (AvgIpc) is 2.19. The predicted octanol–water partition coefficient (Wildman–Crippen LogP) is 1.62. The van der Waals surface area contributed by atoms with Crippen LogP contribution in [0.5, 0.6) is 0 Å². The number of carbonyl (C=O) groups is 1. The zero-order chi connectivity index (χ0) is 6.65. The van der Waals surface area contributed by atoms with E-state index >= 15 is 0 Å². The van der Waals surface area contributed by atoms with E-state index in [0.717, 1.165) is 18.8 Å². The number of hydrogen-bond donors (Lipinski definition) is 0. The van der Waals surface area contributed by atoms with Crippen molar-refractivity contribution in [1.29, 1.82) is 0 Å². The second kappa shape index (κ2) is 1.23. The van der Waals surface area contributed by atoms with Gasteiger partial charge in [0.1, 0.15) is 5.78 Å². The van der Waals surface area contributed by atoms with E-state index in [1.165, 1.54) is 0 Å². The number of hydrogen-bond acceptors (Lipinski definition) is 1. The van der Waals surface area contributed by atoms with Crippen LogP contribution in [0.25, 0.3) is 0 Å². The Morgan fingerprint density at radius 3 is 2.44 bits per heavy atom. The van der Waals surface area contributed by atoms with Crippen LogP contribution in [0.3, 0.4) is 0 Å². The molecule has 0 radical (unpaired) electrons. The van der Waals surface area contributed by atoms with Crippen LogP contribution in [0, 0.1) is 17.3 Å². The lowest BCUT2D eigenvalue weighted by Crippen LogP contribution is -2.04. The third kappa shape index (κ3) is 0.480. The highest BCUT2D eigenvalue weighted by Gasteiger charge is 2.63. The second-order valence-electron chi connectivity index (χ2n) is 3.91. The minimum absolute atomic E-state index is 0.384. The fraction of sp³-hybridized carbons (Fsp3) is 0.875. The molecule has 0 bridgehead atoms. The fourth-order valence-corrected chi connectivity index (χ4v) is 2.38. The lowest BCUT2D eigenvalue weighted by Gasteiger charge is -2.04. The third-order valence-corrected chi connectivity index (χ3v) is 3.10. The summed E-state index contributed by atoms with van der Waals surface area (Å²) in [5.41, 5.74) is 0.384. The normalized spacial score (nSPS) is 44.9. The van der Waals surface area contributed by atoms with Crippen molar-refractivity contribution in [2.45, 2.75) is 26.7 Å². The van der Waals surface area contributed by atoms with Crippen LogP contribution < -0.4 is 0 Å². The van der Waals surface area contributed by atoms with Gasteiger partial charge in [0.25, 0.3) is 0 Å². The molecular weight excluding hydrogens is 112 g/mol. The quantitative estimate of drug-likeness (QED) is 0.479. The molecule has 0 heterocycles. The van der Waals surface area contributed by atoms with E-state index in [1.807, 2.05) is 0 Å². The maximum atomic E-state index is 11.0.